The lowest BCUT2D eigenvalue weighted by molar-refractivity contribution is 0.0616. The third-order valence-corrected chi connectivity index (χ3v) is 2.43. The van der Waals surface area contributed by atoms with Gasteiger partial charge in [-0.05, 0) is 18.2 Å². The summed E-state index contributed by atoms with van der Waals surface area (Å²) < 4.78 is 38.1. The maximum absolute atomic E-state index is 13.8. The minimum atomic E-state index is -2.67. The minimum Gasteiger partial charge on any atom is -0.395 e. The molecule has 0 saturated heterocycles. The third-order valence-electron chi connectivity index (χ3n) is 2.43. The molecule has 1 aromatic carbocycles. The molecule has 0 aliphatic rings. The summed E-state index contributed by atoms with van der Waals surface area (Å²) in [4.78, 5) is 12.5. The number of aliphatic hydroxyl groups is 1. The zero-order chi connectivity index (χ0) is 15.1. The molecular formula is C14H14F3NO2. The fourth-order valence-electron chi connectivity index (χ4n) is 1.48. The fourth-order valence-corrected chi connectivity index (χ4v) is 1.48. The Labute approximate surface area is 115 Å². The number of rotatable bonds is 4. The molecule has 0 heterocycles. The Kier molecular flexibility index (Phi) is 6.07. The number of hydrogen-bond donors (Lipinski definition) is 1. The number of alkyl halides is 2. The summed E-state index contributed by atoms with van der Waals surface area (Å²) in [5, 5.41) is 8.56. The highest BCUT2D eigenvalue weighted by Gasteiger charge is 2.19. The summed E-state index contributed by atoms with van der Waals surface area (Å²) in [6.07, 6.45) is -2.41. The van der Waals surface area contributed by atoms with Crippen LogP contribution in [0.5, 0.6) is 0 Å². The summed E-state index contributed by atoms with van der Waals surface area (Å²) in [6.45, 7) is -0.846. The molecule has 0 fully saturated rings. The van der Waals surface area contributed by atoms with Crippen LogP contribution >= 0.6 is 0 Å². The predicted octanol–water partition coefficient (Wildman–Crippen LogP) is 1.90. The van der Waals surface area contributed by atoms with Crippen LogP contribution in [-0.2, 0) is 0 Å². The van der Waals surface area contributed by atoms with Crippen LogP contribution < -0.4 is 0 Å². The number of carbonyl (C=O) groups is 1. The van der Waals surface area contributed by atoms with Crippen LogP contribution in [0.1, 0.15) is 22.3 Å². The fraction of sp³-hybridized carbons (Fsp3) is 0.357. The van der Waals surface area contributed by atoms with E-state index in [1.165, 1.54) is 19.2 Å². The molecule has 3 nitrogen and oxygen atoms in total. The highest BCUT2D eigenvalue weighted by molar-refractivity contribution is 5.94. The van der Waals surface area contributed by atoms with Crippen molar-refractivity contribution in [3.05, 3.63) is 35.1 Å². The van der Waals surface area contributed by atoms with E-state index in [0.717, 1.165) is 11.0 Å². The molecule has 6 heteroatoms. The quantitative estimate of drug-likeness (QED) is 0.858. The molecule has 108 valence electrons. The SMILES string of the molecule is CN(CC(F)F)C(=O)c1ccc(C#CCCO)cc1F. The first-order valence-electron chi connectivity index (χ1n) is 5.88. The Balaban J connectivity index is 2.88. The van der Waals surface area contributed by atoms with E-state index >= 15 is 0 Å². The van der Waals surface area contributed by atoms with Crippen LogP contribution in [0.15, 0.2) is 18.2 Å². The Morgan fingerprint density at radius 3 is 2.70 bits per heavy atom. The van der Waals surface area contributed by atoms with Gasteiger partial charge >= 0.3 is 0 Å². The first-order chi connectivity index (χ1) is 9.45. The highest BCUT2D eigenvalue weighted by Crippen LogP contribution is 2.13. The van der Waals surface area contributed by atoms with Gasteiger partial charge in [-0.25, -0.2) is 13.2 Å². The van der Waals surface area contributed by atoms with Crippen molar-refractivity contribution < 1.29 is 23.1 Å². The van der Waals surface area contributed by atoms with Gasteiger partial charge in [-0.15, -0.1) is 0 Å². The van der Waals surface area contributed by atoms with Gasteiger partial charge in [0.15, 0.2) is 0 Å². The molecule has 1 amide bonds. The number of hydrogen-bond acceptors (Lipinski definition) is 2. The minimum absolute atomic E-state index is 0.0928. The standard InChI is InChI=1S/C14H14F3NO2/c1-18(9-13(16)17)14(20)11-6-5-10(8-12(11)15)4-2-3-7-19/h5-6,8,13,19H,3,7,9H2,1H3. The number of nitrogens with zero attached hydrogens (tertiary/aromatic N) is 1. The molecule has 0 spiro atoms. The average molecular weight is 285 g/mol. The number of aliphatic hydroxyl groups excluding tert-OH is 1. The molecule has 0 unspecified atom stereocenters. The molecule has 0 aromatic heterocycles. The topological polar surface area (TPSA) is 40.5 Å². The van der Waals surface area contributed by atoms with E-state index in [2.05, 4.69) is 11.8 Å². The van der Waals surface area contributed by atoms with E-state index in [4.69, 9.17) is 5.11 Å². The van der Waals surface area contributed by atoms with E-state index in [9.17, 15) is 18.0 Å². The lowest BCUT2D eigenvalue weighted by Gasteiger charge is -2.16. The van der Waals surface area contributed by atoms with Gasteiger partial charge < -0.3 is 10.0 Å². The van der Waals surface area contributed by atoms with Crippen LogP contribution in [0.4, 0.5) is 13.2 Å². The van der Waals surface area contributed by atoms with Crippen molar-refractivity contribution >= 4 is 5.91 Å². The largest absolute Gasteiger partial charge is 0.395 e. The normalized spacial score (nSPS) is 10.1. The van der Waals surface area contributed by atoms with Crippen molar-refractivity contribution in [3.8, 4) is 11.8 Å². The first kappa shape index (κ1) is 16.1. The maximum atomic E-state index is 13.8. The lowest BCUT2D eigenvalue weighted by atomic mass is 10.1. The highest BCUT2D eigenvalue weighted by atomic mass is 19.3. The van der Waals surface area contributed by atoms with Crippen molar-refractivity contribution in [3.63, 3.8) is 0 Å². The van der Waals surface area contributed by atoms with Crippen LogP contribution in [-0.4, -0.2) is 42.5 Å². The Morgan fingerprint density at radius 2 is 2.15 bits per heavy atom. The van der Waals surface area contributed by atoms with Crippen molar-refractivity contribution in [2.45, 2.75) is 12.8 Å². The Morgan fingerprint density at radius 1 is 1.45 bits per heavy atom. The van der Waals surface area contributed by atoms with Crippen LogP contribution in [0, 0.1) is 17.7 Å². The third kappa shape index (κ3) is 4.59. The number of benzene rings is 1. The molecule has 0 aliphatic carbocycles. The van der Waals surface area contributed by atoms with Gasteiger partial charge in [-0.3, -0.25) is 4.79 Å². The molecule has 20 heavy (non-hydrogen) atoms. The Bertz CT molecular complexity index is 535. The second-order valence-corrected chi connectivity index (χ2v) is 4.05. The van der Waals surface area contributed by atoms with Crippen LogP contribution in [0.25, 0.3) is 0 Å². The molecule has 0 aliphatic heterocycles. The van der Waals surface area contributed by atoms with E-state index in [-0.39, 0.29) is 18.6 Å². The van der Waals surface area contributed by atoms with Gasteiger partial charge in [-0.2, -0.15) is 0 Å². The summed E-state index contributed by atoms with van der Waals surface area (Å²) in [7, 11) is 1.18. The molecule has 0 saturated carbocycles. The van der Waals surface area contributed by atoms with Gasteiger partial charge in [-0.1, -0.05) is 11.8 Å². The molecule has 0 bridgehead atoms. The van der Waals surface area contributed by atoms with E-state index in [1.54, 1.807) is 0 Å². The molecule has 0 atom stereocenters. The predicted molar refractivity (Wildman–Crippen MR) is 67.9 cm³/mol. The van der Waals surface area contributed by atoms with Gasteiger partial charge in [0.1, 0.15) is 5.82 Å². The first-order valence-corrected chi connectivity index (χ1v) is 5.88. The molecule has 1 N–H and O–H groups in total. The van der Waals surface area contributed by atoms with Crippen molar-refractivity contribution in [1.29, 1.82) is 0 Å². The van der Waals surface area contributed by atoms with E-state index < -0.39 is 24.7 Å². The summed E-state index contributed by atoms with van der Waals surface area (Å²) in [5.74, 6) is 3.61. The second-order valence-electron chi connectivity index (χ2n) is 4.05. The smallest absolute Gasteiger partial charge is 0.256 e. The molecule has 1 aromatic rings. The van der Waals surface area contributed by atoms with Gasteiger partial charge in [0.05, 0.1) is 18.7 Å². The Hall–Kier alpha value is -2.00. The van der Waals surface area contributed by atoms with Crippen molar-refractivity contribution in [2.24, 2.45) is 0 Å². The summed E-state index contributed by atoms with van der Waals surface area (Å²) >= 11 is 0. The second kappa shape index (κ2) is 7.56. The van der Waals surface area contributed by atoms with Gasteiger partial charge in [0.2, 0.25) is 0 Å². The van der Waals surface area contributed by atoms with Crippen molar-refractivity contribution in [1.82, 2.24) is 4.90 Å². The van der Waals surface area contributed by atoms with Crippen LogP contribution in [0.2, 0.25) is 0 Å². The molecule has 1 rings (SSSR count). The average Bonchev–Trinajstić information content (AvgIpc) is 2.37. The summed E-state index contributed by atoms with van der Waals surface area (Å²) in [6, 6.07) is 3.70. The van der Waals surface area contributed by atoms with E-state index in [1.807, 2.05) is 0 Å². The maximum Gasteiger partial charge on any atom is 0.256 e. The molecular weight excluding hydrogens is 271 g/mol. The number of amides is 1. The van der Waals surface area contributed by atoms with E-state index in [0.29, 0.717) is 5.56 Å². The van der Waals surface area contributed by atoms with Gasteiger partial charge in [0, 0.05) is 19.0 Å². The monoisotopic (exact) mass is 285 g/mol. The number of carbonyl (C=O) groups excluding carboxylic acids is 1. The molecule has 0 radical (unpaired) electrons. The van der Waals surface area contributed by atoms with Gasteiger partial charge in [0.25, 0.3) is 12.3 Å². The number of halogens is 3. The van der Waals surface area contributed by atoms with Crippen LogP contribution in [0.3, 0.4) is 0 Å². The van der Waals surface area contributed by atoms with Crippen molar-refractivity contribution in [2.75, 3.05) is 20.2 Å². The zero-order valence-corrected chi connectivity index (χ0v) is 10.9. The lowest BCUT2D eigenvalue weighted by Crippen LogP contribution is -2.31. The zero-order valence-electron chi connectivity index (χ0n) is 10.9. The summed E-state index contributed by atoms with van der Waals surface area (Å²) in [5.41, 5.74) is 0.0740.